The number of carbonyl (C=O) groups excluding carboxylic acids is 1. The van der Waals surface area contributed by atoms with Crippen LogP contribution < -0.4 is 10.9 Å². The second-order valence-corrected chi connectivity index (χ2v) is 6.50. The van der Waals surface area contributed by atoms with E-state index in [2.05, 4.69) is 25.5 Å². The first-order chi connectivity index (χ1) is 11.7. The van der Waals surface area contributed by atoms with Gasteiger partial charge in [0.15, 0.2) is 10.8 Å². The molecule has 0 spiro atoms. The first-order valence-corrected chi connectivity index (χ1v) is 8.45. The molecule has 24 heavy (non-hydrogen) atoms. The van der Waals surface area contributed by atoms with Crippen molar-refractivity contribution in [2.45, 2.75) is 24.2 Å². The third kappa shape index (κ3) is 2.67. The van der Waals surface area contributed by atoms with Gasteiger partial charge in [-0.25, -0.2) is 4.98 Å². The van der Waals surface area contributed by atoms with Crippen LogP contribution in [0.2, 0.25) is 0 Å². The summed E-state index contributed by atoms with van der Waals surface area (Å²) >= 11 is 1.48. The van der Waals surface area contributed by atoms with E-state index in [1.165, 1.54) is 18.0 Å². The smallest absolute Gasteiger partial charge is 0.265 e. The number of nitrogens with zero attached hydrogens (tertiary/aromatic N) is 4. The maximum atomic E-state index is 12.6. The molecule has 9 heteroatoms. The summed E-state index contributed by atoms with van der Waals surface area (Å²) in [7, 11) is 0. The molecule has 2 N–H and O–H groups in total. The maximum Gasteiger partial charge on any atom is 0.265 e. The molecule has 4 heterocycles. The first-order valence-electron chi connectivity index (χ1n) is 7.46. The molecule has 1 atom stereocenters. The Balaban J connectivity index is 1.49. The van der Waals surface area contributed by atoms with Crippen LogP contribution in [0.5, 0.6) is 0 Å². The Morgan fingerprint density at radius 3 is 3.21 bits per heavy atom. The zero-order valence-electron chi connectivity index (χ0n) is 12.6. The van der Waals surface area contributed by atoms with Crippen molar-refractivity contribution in [1.82, 2.24) is 30.0 Å². The lowest BCUT2D eigenvalue weighted by molar-refractivity contribution is -0.121. The van der Waals surface area contributed by atoms with Crippen molar-refractivity contribution < 1.29 is 4.79 Å². The summed E-state index contributed by atoms with van der Waals surface area (Å²) in [6, 6.07) is 3.53. The minimum Gasteiger partial charge on any atom is -0.352 e. The minimum atomic E-state index is -0.196. The van der Waals surface area contributed by atoms with E-state index in [-0.39, 0.29) is 23.9 Å². The van der Waals surface area contributed by atoms with Crippen LogP contribution in [-0.2, 0) is 11.3 Å². The summed E-state index contributed by atoms with van der Waals surface area (Å²) in [6.07, 6.45) is 5.12. The third-order valence-corrected chi connectivity index (χ3v) is 4.98. The first kappa shape index (κ1) is 14.9. The van der Waals surface area contributed by atoms with E-state index in [1.54, 1.807) is 17.0 Å². The van der Waals surface area contributed by atoms with Crippen LogP contribution in [0.3, 0.4) is 0 Å². The molecule has 0 aromatic carbocycles. The predicted octanol–water partition coefficient (Wildman–Crippen LogP) is 0.868. The number of nitrogens with one attached hydrogen (secondary N) is 2. The molecule has 122 valence electrons. The topological polar surface area (TPSA) is 106 Å². The number of carbonyl (C=O) groups is 1. The second kappa shape index (κ2) is 6.08. The summed E-state index contributed by atoms with van der Waals surface area (Å²) in [5.74, 6) is 0.555. The number of rotatable bonds is 4. The molecule has 0 aliphatic carbocycles. The lowest BCUT2D eigenvalue weighted by Gasteiger charge is -2.13. The van der Waals surface area contributed by atoms with Crippen LogP contribution in [0.25, 0.3) is 11.0 Å². The normalized spacial score (nSPS) is 16.2. The Morgan fingerprint density at radius 1 is 1.46 bits per heavy atom. The van der Waals surface area contributed by atoms with E-state index in [0.717, 1.165) is 5.56 Å². The minimum absolute atomic E-state index is 0.100. The van der Waals surface area contributed by atoms with Gasteiger partial charge >= 0.3 is 0 Å². The summed E-state index contributed by atoms with van der Waals surface area (Å²) in [5, 5.41) is 10.5. The quantitative estimate of drug-likeness (QED) is 0.682. The molecule has 3 aromatic heterocycles. The monoisotopic (exact) mass is 342 g/mol. The largest absolute Gasteiger partial charge is 0.352 e. The molecule has 0 saturated carbocycles. The van der Waals surface area contributed by atoms with Gasteiger partial charge in [0.05, 0.1) is 12.2 Å². The van der Waals surface area contributed by atoms with Gasteiger partial charge in [-0.15, -0.1) is 0 Å². The van der Waals surface area contributed by atoms with Gasteiger partial charge in [-0.1, -0.05) is 17.8 Å². The SMILES string of the molecule is O=C(CC1CSc2nc3[nH]ncc3c(=O)n21)NCc1cccnc1. The number of hydrogen-bond donors (Lipinski definition) is 2. The molecule has 0 radical (unpaired) electrons. The van der Waals surface area contributed by atoms with Crippen LogP contribution in [0, 0.1) is 0 Å². The van der Waals surface area contributed by atoms with Gasteiger partial charge in [0.25, 0.3) is 5.56 Å². The molecule has 0 bridgehead atoms. The number of fused-ring (bicyclic) bond motifs is 2. The Hall–Kier alpha value is -2.68. The lowest BCUT2D eigenvalue weighted by Crippen LogP contribution is -2.30. The maximum absolute atomic E-state index is 12.6. The zero-order chi connectivity index (χ0) is 16.5. The van der Waals surface area contributed by atoms with Crippen LogP contribution in [0.4, 0.5) is 0 Å². The number of aromatic nitrogens is 5. The summed E-state index contributed by atoms with van der Waals surface area (Å²) in [5.41, 5.74) is 1.27. The van der Waals surface area contributed by atoms with E-state index in [9.17, 15) is 9.59 Å². The third-order valence-electron chi connectivity index (χ3n) is 3.89. The molecule has 0 fully saturated rings. The molecule has 4 rings (SSSR count). The Labute approximate surface area is 140 Å². The second-order valence-electron chi connectivity index (χ2n) is 5.51. The number of H-pyrrole nitrogens is 1. The van der Waals surface area contributed by atoms with Gasteiger partial charge in [0.2, 0.25) is 5.91 Å². The fourth-order valence-electron chi connectivity index (χ4n) is 2.70. The van der Waals surface area contributed by atoms with Gasteiger partial charge in [0, 0.05) is 31.1 Å². The molecule has 1 unspecified atom stereocenters. The van der Waals surface area contributed by atoms with Crippen molar-refractivity contribution in [3.8, 4) is 0 Å². The highest BCUT2D eigenvalue weighted by molar-refractivity contribution is 7.99. The molecule has 1 aliphatic heterocycles. The fraction of sp³-hybridized carbons (Fsp3) is 0.267. The molecule has 3 aromatic rings. The van der Waals surface area contributed by atoms with Crippen molar-refractivity contribution in [2.75, 3.05) is 5.75 Å². The summed E-state index contributed by atoms with van der Waals surface area (Å²) in [4.78, 5) is 33.2. The highest BCUT2D eigenvalue weighted by Crippen LogP contribution is 2.32. The van der Waals surface area contributed by atoms with Gasteiger partial charge < -0.3 is 5.32 Å². The van der Waals surface area contributed by atoms with Crippen LogP contribution in [-0.4, -0.2) is 36.4 Å². The molecule has 8 nitrogen and oxygen atoms in total. The molecular weight excluding hydrogens is 328 g/mol. The Kier molecular flexibility index (Phi) is 3.77. The number of hydrogen-bond acceptors (Lipinski definition) is 6. The van der Waals surface area contributed by atoms with Gasteiger partial charge in [-0.05, 0) is 11.6 Å². The zero-order valence-corrected chi connectivity index (χ0v) is 13.4. The highest BCUT2D eigenvalue weighted by atomic mass is 32.2. The summed E-state index contributed by atoms with van der Waals surface area (Å²) in [6.45, 7) is 0.424. The number of amides is 1. The molecule has 0 saturated heterocycles. The highest BCUT2D eigenvalue weighted by Gasteiger charge is 2.28. The average Bonchev–Trinajstić information content (AvgIpc) is 3.22. The number of aromatic amines is 1. The van der Waals surface area contributed by atoms with Crippen molar-refractivity contribution in [1.29, 1.82) is 0 Å². The summed E-state index contributed by atoms with van der Waals surface area (Å²) < 4.78 is 1.60. The Morgan fingerprint density at radius 2 is 2.38 bits per heavy atom. The van der Waals surface area contributed by atoms with E-state index < -0.39 is 0 Å². The van der Waals surface area contributed by atoms with Crippen LogP contribution in [0.1, 0.15) is 18.0 Å². The van der Waals surface area contributed by atoms with Crippen molar-refractivity contribution in [3.05, 3.63) is 46.6 Å². The van der Waals surface area contributed by atoms with Gasteiger partial charge in [-0.2, -0.15) is 5.10 Å². The molecule has 1 amide bonds. The van der Waals surface area contributed by atoms with Crippen molar-refractivity contribution in [2.24, 2.45) is 0 Å². The number of thioether (sulfide) groups is 1. The van der Waals surface area contributed by atoms with Crippen LogP contribution in [0.15, 0.2) is 40.7 Å². The van der Waals surface area contributed by atoms with Crippen LogP contribution >= 0.6 is 11.8 Å². The van der Waals surface area contributed by atoms with E-state index >= 15 is 0 Å². The fourth-order valence-corrected chi connectivity index (χ4v) is 3.83. The van der Waals surface area contributed by atoms with Crippen molar-refractivity contribution in [3.63, 3.8) is 0 Å². The van der Waals surface area contributed by atoms with Gasteiger partial charge in [-0.3, -0.25) is 24.2 Å². The lowest BCUT2D eigenvalue weighted by atomic mass is 10.2. The molecule has 1 aliphatic rings. The Bertz CT molecular complexity index is 952. The van der Waals surface area contributed by atoms with Gasteiger partial charge in [0.1, 0.15) is 5.39 Å². The van der Waals surface area contributed by atoms with E-state index in [4.69, 9.17) is 0 Å². The van der Waals surface area contributed by atoms with E-state index in [0.29, 0.717) is 28.5 Å². The average molecular weight is 342 g/mol. The predicted molar refractivity (Wildman–Crippen MR) is 88.6 cm³/mol. The standard InChI is InChI=1S/C15H14N6O2S/c22-12(17-6-9-2-1-3-16-5-9)4-10-8-24-15-19-13-11(7-18-20-13)14(23)21(10)15/h1-3,5,7,10H,4,6,8H2,(H,17,22)(H,18,20). The number of pyridine rings is 1. The molecular formula is C15H14N6O2S. The van der Waals surface area contributed by atoms with E-state index in [1.807, 2.05) is 12.1 Å². The van der Waals surface area contributed by atoms with Crippen molar-refractivity contribution >= 4 is 28.7 Å².